The van der Waals surface area contributed by atoms with E-state index in [0.717, 1.165) is 19.3 Å². The molecule has 1 amide bonds. The van der Waals surface area contributed by atoms with Crippen LogP contribution in [0.5, 0.6) is 0 Å². The van der Waals surface area contributed by atoms with Gasteiger partial charge in [-0.15, -0.1) is 0 Å². The minimum absolute atomic E-state index is 0.217. The molecule has 152 valence electrons. The number of aliphatic hydroxyl groups is 2. The number of aliphatic hydroxyl groups excluding tert-OH is 2. The number of carbonyl (C=O) groups excluding carboxylic acids is 1. The van der Waals surface area contributed by atoms with Crippen molar-refractivity contribution in [3.63, 3.8) is 0 Å². The molecule has 2 atom stereocenters. The van der Waals surface area contributed by atoms with E-state index in [1.807, 2.05) is 0 Å². The van der Waals surface area contributed by atoms with Crippen LogP contribution in [0.1, 0.15) is 85.0 Å². The molecule has 0 rings (SSSR count). The Morgan fingerprint density at radius 2 is 1.64 bits per heavy atom. The molecule has 6 nitrogen and oxygen atoms in total. The van der Waals surface area contributed by atoms with E-state index >= 15 is 0 Å². The summed E-state index contributed by atoms with van der Waals surface area (Å²) in [4.78, 5) is 10.5. The quantitative estimate of drug-likeness (QED) is 0.203. The van der Waals surface area contributed by atoms with Gasteiger partial charge in [-0.05, 0) is 18.8 Å². The molecular weight excluding hydrogens is 322 g/mol. The highest BCUT2D eigenvalue weighted by molar-refractivity contribution is 5.74. The SMILES string of the molecule is CCCCC(CC)COCC(O)CO.CCCCCCCC(=O)NO. The standard InChI is InChI=1S/C11H24O3.C8H17NO2/c1-3-5-6-10(4-2)8-14-9-11(13)7-12;1-2-3-4-5-6-7-8(10)9-11/h10-13H,3-9H2,1-2H3;11H,2-7H2,1H3,(H,9,10). The Kier molecular flexibility index (Phi) is 22.7. The van der Waals surface area contributed by atoms with Crippen LogP contribution in [0, 0.1) is 5.92 Å². The summed E-state index contributed by atoms with van der Waals surface area (Å²) < 4.78 is 5.33. The molecule has 0 aromatic rings. The van der Waals surface area contributed by atoms with E-state index in [1.165, 1.54) is 38.5 Å². The predicted molar refractivity (Wildman–Crippen MR) is 101 cm³/mol. The van der Waals surface area contributed by atoms with Gasteiger partial charge in [-0.25, -0.2) is 5.48 Å². The van der Waals surface area contributed by atoms with Gasteiger partial charge in [0.25, 0.3) is 0 Å². The molecule has 0 heterocycles. The van der Waals surface area contributed by atoms with Crippen LogP contribution in [-0.4, -0.2) is 47.3 Å². The maximum Gasteiger partial charge on any atom is 0.243 e. The Hall–Kier alpha value is -0.690. The summed E-state index contributed by atoms with van der Waals surface area (Å²) in [6.07, 6.45) is 10.1. The largest absolute Gasteiger partial charge is 0.394 e. The molecule has 4 N–H and O–H groups in total. The minimum Gasteiger partial charge on any atom is -0.394 e. The minimum atomic E-state index is -0.723. The maximum absolute atomic E-state index is 10.5. The molecule has 0 saturated heterocycles. The fraction of sp³-hybridized carbons (Fsp3) is 0.947. The Labute approximate surface area is 153 Å². The summed E-state index contributed by atoms with van der Waals surface area (Å²) in [6.45, 7) is 7.23. The molecule has 6 heteroatoms. The van der Waals surface area contributed by atoms with Crippen LogP contribution in [0.25, 0.3) is 0 Å². The van der Waals surface area contributed by atoms with Gasteiger partial charge < -0.3 is 14.9 Å². The number of hydrogen-bond acceptors (Lipinski definition) is 5. The van der Waals surface area contributed by atoms with Crippen molar-refractivity contribution in [2.45, 2.75) is 91.1 Å². The lowest BCUT2D eigenvalue weighted by Gasteiger charge is -2.15. The molecule has 0 aliphatic rings. The van der Waals surface area contributed by atoms with E-state index in [2.05, 4.69) is 20.8 Å². The molecule has 0 radical (unpaired) electrons. The summed E-state index contributed by atoms with van der Waals surface area (Å²) >= 11 is 0. The number of ether oxygens (including phenoxy) is 1. The zero-order valence-electron chi connectivity index (χ0n) is 16.5. The number of carbonyl (C=O) groups is 1. The summed E-state index contributed by atoms with van der Waals surface area (Å²) in [7, 11) is 0. The highest BCUT2D eigenvalue weighted by Gasteiger charge is 2.07. The Balaban J connectivity index is 0. The third kappa shape index (κ3) is 21.3. The number of amides is 1. The first kappa shape index (κ1) is 26.5. The predicted octanol–water partition coefficient (Wildman–Crippen LogP) is 3.42. The van der Waals surface area contributed by atoms with Gasteiger partial charge in [-0.3, -0.25) is 10.0 Å². The van der Waals surface area contributed by atoms with Crippen molar-refractivity contribution >= 4 is 5.91 Å². The monoisotopic (exact) mass is 363 g/mol. The summed E-state index contributed by atoms with van der Waals surface area (Å²) in [5.74, 6) is 0.322. The van der Waals surface area contributed by atoms with Gasteiger partial charge in [0, 0.05) is 13.0 Å². The highest BCUT2D eigenvalue weighted by atomic mass is 16.5. The van der Waals surface area contributed by atoms with E-state index in [4.69, 9.17) is 20.2 Å². The van der Waals surface area contributed by atoms with Crippen LogP contribution in [0.15, 0.2) is 0 Å². The lowest BCUT2D eigenvalue weighted by atomic mass is 10.0. The van der Waals surface area contributed by atoms with Gasteiger partial charge >= 0.3 is 0 Å². The van der Waals surface area contributed by atoms with Crippen LogP contribution in [0.2, 0.25) is 0 Å². The molecule has 2 unspecified atom stereocenters. The lowest BCUT2D eigenvalue weighted by molar-refractivity contribution is -0.129. The van der Waals surface area contributed by atoms with Crippen LogP contribution in [-0.2, 0) is 9.53 Å². The molecule has 0 spiro atoms. The van der Waals surface area contributed by atoms with Gasteiger partial charge in [0.2, 0.25) is 5.91 Å². The molecule has 0 aliphatic heterocycles. The number of rotatable bonds is 15. The van der Waals surface area contributed by atoms with Crippen molar-refractivity contribution in [3.8, 4) is 0 Å². The van der Waals surface area contributed by atoms with E-state index in [1.54, 1.807) is 5.48 Å². The second kappa shape index (κ2) is 21.4. The van der Waals surface area contributed by atoms with Crippen molar-refractivity contribution in [3.05, 3.63) is 0 Å². The molecule has 0 aliphatic carbocycles. The van der Waals surface area contributed by atoms with Crippen LogP contribution in [0.4, 0.5) is 0 Å². The normalized spacial score (nSPS) is 12.9. The topological polar surface area (TPSA) is 99.0 Å². The smallest absolute Gasteiger partial charge is 0.243 e. The van der Waals surface area contributed by atoms with Gasteiger partial charge in [-0.2, -0.15) is 0 Å². The van der Waals surface area contributed by atoms with Gasteiger partial charge in [-0.1, -0.05) is 65.7 Å². The average molecular weight is 364 g/mol. The Bertz CT molecular complexity index is 277. The lowest BCUT2D eigenvalue weighted by Crippen LogP contribution is -2.21. The second-order valence-electron chi connectivity index (χ2n) is 6.49. The van der Waals surface area contributed by atoms with Gasteiger partial charge in [0.15, 0.2) is 0 Å². The third-order valence-corrected chi connectivity index (χ3v) is 4.05. The molecule has 0 bridgehead atoms. The number of hydroxylamine groups is 1. The maximum atomic E-state index is 10.5. The first-order valence-corrected chi connectivity index (χ1v) is 9.85. The highest BCUT2D eigenvalue weighted by Crippen LogP contribution is 2.12. The van der Waals surface area contributed by atoms with Crippen molar-refractivity contribution in [1.29, 1.82) is 0 Å². The summed E-state index contributed by atoms with van der Waals surface area (Å²) in [6, 6.07) is 0. The first-order valence-electron chi connectivity index (χ1n) is 9.85. The average Bonchev–Trinajstić information content (AvgIpc) is 2.64. The molecule has 0 saturated carbocycles. The Morgan fingerprint density at radius 3 is 2.16 bits per heavy atom. The van der Waals surface area contributed by atoms with Gasteiger partial charge in [0.05, 0.1) is 13.2 Å². The fourth-order valence-electron chi connectivity index (χ4n) is 2.27. The van der Waals surface area contributed by atoms with Crippen LogP contribution < -0.4 is 5.48 Å². The molecule has 0 aromatic heterocycles. The Morgan fingerprint density at radius 1 is 1.00 bits per heavy atom. The van der Waals surface area contributed by atoms with Crippen LogP contribution in [0.3, 0.4) is 0 Å². The molecular formula is C19H41NO5. The first-order chi connectivity index (χ1) is 12.0. The number of hydrogen-bond donors (Lipinski definition) is 4. The second-order valence-corrected chi connectivity index (χ2v) is 6.49. The van der Waals surface area contributed by atoms with Crippen molar-refractivity contribution in [1.82, 2.24) is 5.48 Å². The van der Waals surface area contributed by atoms with Crippen molar-refractivity contribution in [2.24, 2.45) is 5.92 Å². The zero-order chi connectivity index (χ0) is 19.3. The summed E-state index contributed by atoms with van der Waals surface area (Å²) in [5.41, 5.74) is 1.62. The van der Waals surface area contributed by atoms with Crippen molar-refractivity contribution in [2.75, 3.05) is 19.8 Å². The molecule has 0 fully saturated rings. The number of unbranched alkanes of at least 4 members (excludes halogenated alkanes) is 5. The van der Waals surface area contributed by atoms with E-state index in [9.17, 15) is 4.79 Å². The zero-order valence-corrected chi connectivity index (χ0v) is 16.5. The van der Waals surface area contributed by atoms with E-state index in [-0.39, 0.29) is 19.1 Å². The van der Waals surface area contributed by atoms with E-state index < -0.39 is 6.10 Å². The summed E-state index contributed by atoms with van der Waals surface area (Å²) in [5, 5.41) is 25.8. The van der Waals surface area contributed by atoms with Crippen molar-refractivity contribution < 1.29 is 25.0 Å². The van der Waals surface area contributed by atoms with Crippen LogP contribution >= 0.6 is 0 Å². The molecule has 25 heavy (non-hydrogen) atoms. The fourth-order valence-corrected chi connectivity index (χ4v) is 2.27. The molecule has 0 aromatic carbocycles. The number of nitrogens with one attached hydrogen (secondary N) is 1. The third-order valence-electron chi connectivity index (χ3n) is 4.05. The van der Waals surface area contributed by atoms with Gasteiger partial charge in [0.1, 0.15) is 6.10 Å². The van der Waals surface area contributed by atoms with E-state index in [0.29, 0.717) is 18.9 Å².